The largest absolute Gasteiger partial charge is 0.350 e. The molecule has 16 heavy (non-hydrogen) atoms. The van der Waals surface area contributed by atoms with Gasteiger partial charge >= 0.3 is 0 Å². The van der Waals surface area contributed by atoms with Crippen molar-refractivity contribution in [1.29, 1.82) is 0 Å². The fourth-order valence-electron chi connectivity index (χ4n) is 1.66. The van der Waals surface area contributed by atoms with Crippen LogP contribution in [0, 0.1) is 5.41 Å². The van der Waals surface area contributed by atoms with Crippen molar-refractivity contribution in [2.75, 3.05) is 0 Å². The summed E-state index contributed by atoms with van der Waals surface area (Å²) in [4.78, 5) is 11.9. The lowest BCUT2D eigenvalue weighted by Crippen LogP contribution is -2.51. The van der Waals surface area contributed by atoms with E-state index < -0.39 is 0 Å². The Balaban J connectivity index is 2.37. The van der Waals surface area contributed by atoms with Crippen LogP contribution in [-0.2, 0) is 4.79 Å². The summed E-state index contributed by atoms with van der Waals surface area (Å²) in [5.74, 6) is 0.106. The number of carbonyl (C=O) groups is 1. The molecule has 0 saturated heterocycles. The van der Waals surface area contributed by atoms with Crippen molar-refractivity contribution in [1.82, 2.24) is 10.6 Å². The maximum absolute atomic E-state index is 11.9. The Hall–Kier alpha value is -0.570. The quantitative estimate of drug-likeness (QED) is 0.753. The van der Waals surface area contributed by atoms with Crippen LogP contribution < -0.4 is 10.6 Å². The molecule has 0 aromatic heterocycles. The molecule has 2 N–H and O–H groups in total. The van der Waals surface area contributed by atoms with E-state index in [1.807, 2.05) is 6.92 Å². The van der Waals surface area contributed by atoms with Gasteiger partial charge in [0.2, 0.25) is 5.91 Å². The van der Waals surface area contributed by atoms with Gasteiger partial charge in [-0.1, -0.05) is 20.8 Å². The first-order chi connectivity index (χ1) is 7.18. The third kappa shape index (κ3) is 3.48. The monoisotopic (exact) mass is 226 g/mol. The molecule has 1 rings (SSSR count). The Labute approximate surface area is 99.4 Å². The van der Waals surface area contributed by atoms with E-state index in [1.54, 1.807) is 0 Å². The van der Waals surface area contributed by atoms with Crippen molar-refractivity contribution >= 4 is 5.91 Å². The maximum Gasteiger partial charge on any atom is 0.237 e. The Morgan fingerprint density at radius 3 is 2.38 bits per heavy atom. The molecule has 3 nitrogen and oxygen atoms in total. The van der Waals surface area contributed by atoms with Crippen LogP contribution in [0.2, 0.25) is 0 Å². The molecule has 1 amide bonds. The summed E-state index contributed by atoms with van der Waals surface area (Å²) < 4.78 is 0. The molecule has 3 heteroatoms. The van der Waals surface area contributed by atoms with Crippen molar-refractivity contribution in [2.24, 2.45) is 5.41 Å². The highest BCUT2D eigenvalue weighted by molar-refractivity contribution is 5.82. The van der Waals surface area contributed by atoms with E-state index in [0.717, 1.165) is 6.42 Å². The fraction of sp³-hybridized carbons (Fsp3) is 0.923. The predicted molar refractivity (Wildman–Crippen MR) is 67.3 cm³/mol. The van der Waals surface area contributed by atoms with Crippen LogP contribution >= 0.6 is 0 Å². The minimum Gasteiger partial charge on any atom is -0.350 e. The average molecular weight is 226 g/mol. The zero-order chi connectivity index (χ0) is 12.6. The van der Waals surface area contributed by atoms with Crippen LogP contribution in [0.15, 0.2) is 0 Å². The van der Waals surface area contributed by atoms with E-state index in [0.29, 0.717) is 11.5 Å². The second kappa shape index (κ2) is 4.36. The molecule has 1 aliphatic rings. The Bertz CT molecular complexity index is 271. The molecule has 0 heterocycles. The molecule has 1 aliphatic carbocycles. The molecule has 1 fully saturated rings. The van der Waals surface area contributed by atoms with Crippen LogP contribution in [0.25, 0.3) is 0 Å². The summed E-state index contributed by atoms with van der Waals surface area (Å²) in [5.41, 5.74) is 0.265. The van der Waals surface area contributed by atoms with E-state index >= 15 is 0 Å². The first-order valence-electron chi connectivity index (χ1n) is 6.26. The second-order valence-corrected chi connectivity index (χ2v) is 6.36. The van der Waals surface area contributed by atoms with Gasteiger partial charge in [-0.2, -0.15) is 0 Å². The third-order valence-electron chi connectivity index (χ3n) is 3.70. The van der Waals surface area contributed by atoms with Crippen molar-refractivity contribution in [3.63, 3.8) is 0 Å². The first-order valence-corrected chi connectivity index (χ1v) is 6.26. The number of amides is 1. The highest BCUT2D eigenvalue weighted by atomic mass is 16.2. The maximum atomic E-state index is 11.9. The molecule has 0 aliphatic heterocycles. The predicted octanol–water partition coefficient (Wildman–Crippen LogP) is 2.07. The van der Waals surface area contributed by atoms with Gasteiger partial charge in [-0.3, -0.25) is 4.79 Å². The van der Waals surface area contributed by atoms with Gasteiger partial charge in [0.25, 0.3) is 0 Å². The normalized spacial score (nSPS) is 25.0. The molecular weight excluding hydrogens is 200 g/mol. The number of rotatable bonds is 5. The van der Waals surface area contributed by atoms with Gasteiger partial charge in [-0.05, 0) is 39.0 Å². The van der Waals surface area contributed by atoms with Gasteiger partial charge < -0.3 is 10.6 Å². The van der Waals surface area contributed by atoms with Gasteiger partial charge in [0, 0.05) is 11.6 Å². The van der Waals surface area contributed by atoms with Crippen molar-refractivity contribution in [2.45, 2.75) is 72.0 Å². The van der Waals surface area contributed by atoms with Gasteiger partial charge in [0.15, 0.2) is 0 Å². The van der Waals surface area contributed by atoms with Crippen LogP contribution in [0.5, 0.6) is 0 Å². The van der Waals surface area contributed by atoms with Gasteiger partial charge in [0.05, 0.1) is 6.04 Å². The second-order valence-electron chi connectivity index (χ2n) is 6.36. The molecule has 0 bridgehead atoms. The molecule has 0 radical (unpaired) electrons. The summed E-state index contributed by atoms with van der Waals surface area (Å²) in [6.45, 7) is 12.6. The molecule has 0 aromatic carbocycles. The van der Waals surface area contributed by atoms with Crippen LogP contribution in [0.4, 0.5) is 0 Å². The summed E-state index contributed by atoms with van der Waals surface area (Å²) in [5, 5.41) is 6.44. The van der Waals surface area contributed by atoms with E-state index in [9.17, 15) is 4.79 Å². The zero-order valence-electron chi connectivity index (χ0n) is 11.5. The topological polar surface area (TPSA) is 41.1 Å². The Morgan fingerprint density at radius 2 is 2.00 bits per heavy atom. The van der Waals surface area contributed by atoms with Crippen molar-refractivity contribution in [3.05, 3.63) is 0 Å². The van der Waals surface area contributed by atoms with E-state index in [1.165, 1.54) is 6.42 Å². The molecule has 1 saturated carbocycles. The SMILES string of the molecule is CCC(C)(C)NC(=O)C(C)NC1CC1(C)C. The number of hydrogen-bond donors (Lipinski definition) is 2. The molecule has 2 atom stereocenters. The number of hydrogen-bond acceptors (Lipinski definition) is 2. The van der Waals surface area contributed by atoms with E-state index in [4.69, 9.17) is 0 Å². The molecule has 2 unspecified atom stereocenters. The van der Waals surface area contributed by atoms with E-state index in [2.05, 4.69) is 45.3 Å². The lowest BCUT2D eigenvalue weighted by Gasteiger charge is -2.27. The van der Waals surface area contributed by atoms with E-state index in [-0.39, 0.29) is 17.5 Å². The Kier molecular flexibility index (Phi) is 3.68. The number of nitrogens with one attached hydrogen (secondary N) is 2. The van der Waals surface area contributed by atoms with Gasteiger partial charge in [-0.15, -0.1) is 0 Å². The fourth-order valence-corrected chi connectivity index (χ4v) is 1.66. The molecular formula is C13H26N2O. The van der Waals surface area contributed by atoms with Gasteiger partial charge in [0.1, 0.15) is 0 Å². The zero-order valence-corrected chi connectivity index (χ0v) is 11.5. The molecule has 94 valence electrons. The highest BCUT2D eigenvalue weighted by Gasteiger charge is 2.46. The lowest BCUT2D eigenvalue weighted by atomic mass is 10.0. The highest BCUT2D eigenvalue weighted by Crippen LogP contribution is 2.44. The first kappa shape index (κ1) is 13.5. The minimum atomic E-state index is -0.105. The minimum absolute atomic E-state index is 0.0994. The standard InChI is InChI=1S/C13H26N2O/c1-7-13(5,6)15-11(16)9(2)14-10-8-12(10,3)4/h9-10,14H,7-8H2,1-6H3,(H,15,16). The van der Waals surface area contributed by atoms with Crippen molar-refractivity contribution in [3.8, 4) is 0 Å². The summed E-state index contributed by atoms with van der Waals surface area (Å²) in [6, 6.07) is 0.399. The molecule has 0 spiro atoms. The lowest BCUT2D eigenvalue weighted by molar-refractivity contribution is -0.124. The van der Waals surface area contributed by atoms with Crippen LogP contribution in [-0.4, -0.2) is 23.5 Å². The van der Waals surface area contributed by atoms with Crippen molar-refractivity contribution < 1.29 is 4.79 Å². The summed E-state index contributed by atoms with van der Waals surface area (Å²) >= 11 is 0. The van der Waals surface area contributed by atoms with Crippen LogP contribution in [0.1, 0.15) is 54.4 Å². The van der Waals surface area contributed by atoms with Gasteiger partial charge in [-0.25, -0.2) is 0 Å². The smallest absolute Gasteiger partial charge is 0.237 e. The summed E-state index contributed by atoms with van der Waals surface area (Å²) in [7, 11) is 0. The Morgan fingerprint density at radius 1 is 1.50 bits per heavy atom. The molecule has 0 aromatic rings. The summed E-state index contributed by atoms with van der Waals surface area (Å²) in [6.07, 6.45) is 2.11. The van der Waals surface area contributed by atoms with Crippen LogP contribution in [0.3, 0.4) is 0 Å². The third-order valence-corrected chi connectivity index (χ3v) is 3.70. The average Bonchev–Trinajstić information content (AvgIpc) is 2.73. The number of carbonyl (C=O) groups excluding carboxylic acids is 1.